The molecule has 1 aliphatic heterocycles. The van der Waals surface area contributed by atoms with Crippen molar-refractivity contribution < 1.29 is 28.2 Å². The van der Waals surface area contributed by atoms with E-state index in [4.69, 9.17) is 21.1 Å². The SMILES string of the molecule is COc1ccc(C=C2SC(=O)N(CC(=O)Nc3ccc(F)c(Cl)c3)C2=O)cc1OC. The maximum absolute atomic E-state index is 13.2. The number of ether oxygens (including phenoxy) is 2. The molecule has 1 heterocycles. The summed E-state index contributed by atoms with van der Waals surface area (Å²) in [4.78, 5) is 38.0. The molecule has 0 radical (unpaired) electrons. The minimum atomic E-state index is -0.624. The van der Waals surface area contributed by atoms with Gasteiger partial charge in [0.05, 0.1) is 24.1 Å². The number of amides is 3. The highest BCUT2D eigenvalue weighted by Gasteiger charge is 2.36. The molecular formula is C20H16ClFN2O5S. The topological polar surface area (TPSA) is 84.9 Å². The Morgan fingerprint density at radius 3 is 2.57 bits per heavy atom. The Labute approximate surface area is 180 Å². The number of carbonyl (C=O) groups is 3. The van der Waals surface area contributed by atoms with Gasteiger partial charge in [0, 0.05) is 5.69 Å². The molecule has 7 nitrogen and oxygen atoms in total. The molecule has 156 valence electrons. The monoisotopic (exact) mass is 450 g/mol. The molecule has 0 saturated carbocycles. The minimum absolute atomic E-state index is 0.156. The van der Waals surface area contributed by atoms with Gasteiger partial charge in [0.2, 0.25) is 5.91 Å². The van der Waals surface area contributed by atoms with Gasteiger partial charge in [-0.05, 0) is 53.7 Å². The molecule has 0 spiro atoms. The molecular weight excluding hydrogens is 435 g/mol. The number of hydrogen-bond acceptors (Lipinski definition) is 6. The van der Waals surface area contributed by atoms with E-state index in [2.05, 4.69) is 5.32 Å². The number of rotatable bonds is 6. The number of carbonyl (C=O) groups excluding carboxylic acids is 3. The van der Waals surface area contributed by atoms with Crippen LogP contribution in [0, 0.1) is 5.82 Å². The van der Waals surface area contributed by atoms with Gasteiger partial charge in [-0.1, -0.05) is 17.7 Å². The van der Waals surface area contributed by atoms with Crippen LogP contribution in [0.15, 0.2) is 41.3 Å². The second kappa shape index (κ2) is 9.19. The molecule has 3 amide bonds. The molecule has 1 N–H and O–H groups in total. The van der Waals surface area contributed by atoms with E-state index in [0.29, 0.717) is 17.1 Å². The number of halogens is 2. The highest BCUT2D eigenvalue weighted by atomic mass is 35.5. The molecule has 2 aromatic rings. The van der Waals surface area contributed by atoms with Crippen molar-refractivity contribution in [2.45, 2.75) is 0 Å². The Bertz CT molecular complexity index is 1060. The largest absolute Gasteiger partial charge is 0.493 e. The summed E-state index contributed by atoms with van der Waals surface area (Å²) in [5, 5.41) is 1.75. The highest BCUT2D eigenvalue weighted by Crippen LogP contribution is 2.34. The van der Waals surface area contributed by atoms with E-state index >= 15 is 0 Å². The molecule has 30 heavy (non-hydrogen) atoms. The molecule has 0 atom stereocenters. The van der Waals surface area contributed by atoms with Gasteiger partial charge in [-0.2, -0.15) is 0 Å². The fourth-order valence-corrected chi connectivity index (χ4v) is 3.67. The summed E-state index contributed by atoms with van der Waals surface area (Å²) in [6.45, 7) is -0.483. The van der Waals surface area contributed by atoms with Gasteiger partial charge in [-0.15, -0.1) is 0 Å². The van der Waals surface area contributed by atoms with Crippen molar-refractivity contribution in [1.82, 2.24) is 4.90 Å². The molecule has 3 rings (SSSR count). The van der Waals surface area contributed by atoms with E-state index in [9.17, 15) is 18.8 Å². The number of anilines is 1. The van der Waals surface area contributed by atoms with Crippen molar-refractivity contribution in [3.8, 4) is 11.5 Å². The van der Waals surface area contributed by atoms with Crippen LogP contribution in [0.5, 0.6) is 11.5 Å². The number of thioether (sulfide) groups is 1. The van der Waals surface area contributed by atoms with E-state index in [1.165, 1.54) is 32.4 Å². The van der Waals surface area contributed by atoms with Gasteiger partial charge in [0.1, 0.15) is 12.4 Å². The third kappa shape index (κ3) is 4.74. The van der Waals surface area contributed by atoms with Crippen LogP contribution in [0.2, 0.25) is 5.02 Å². The third-order valence-corrected chi connectivity index (χ3v) is 5.28. The average Bonchev–Trinajstić information content (AvgIpc) is 2.98. The zero-order chi connectivity index (χ0) is 21.8. The first-order valence-corrected chi connectivity index (χ1v) is 9.74. The van der Waals surface area contributed by atoms with E-state index < -0.39 is 29.4 Å². The Morgan fingerprint density at radius 2 is 1.90 bits per heavy atom. The quantitative estimate of drug-likeness (QED) is 0.665. The zero-order valence-corrected chi connectivity index (χ0v) is 17.5. The van der Waals surface area contributed by atoms with Crippen LogP contribution in [0.3, 0.4) is 0 Å². The summed E-state index contributed by atoms with van der Waals surface area (Å²) >= 11 is 6.41. The van der Waals surface area contributed by atoms with Gasteiger partial charge < -0.3 is 14.8 Å². The maximum Gasteiger partial charge on any atom is 0.294 e. The first-order chi connectivity index (χ1) is 14.3. The lowest BCUT2D eigenvalue weighted by Crippen LogP contribution is -2.36. The van der Waals surface area contributed by atoms with Crippen molar-refractivity contribution >= 4 is 52.2 Å². The fraction of sp³-hybridized carbons (Fsp3) is 0.150. The summed E-state index contributed by atoms with van der Waals surface area (Å²) in [6.07, 6.45) is 1.53. The lowest BCUT2D eigenvalue weighted by Gasteiger charge is -2.12. The second-order valence-corrected chi connectivity index (χ2v) is 7.46. The molecule has 10 heteroatoms. The molecule has 0 unspecified atom stereocenters. The van der Waals surface area contributed by atoms with E-state index in [-0.39, 0.29) is 15.6 Å². The number of hydrogen-bond donors (Lipinski definition) is 1. The highest BCUT2D eigenvalue weighted by molar-refractivity contribution is 8.18. The predicted molar refractivity (Wildman–Crippen MR) is 112 cm³/mol. The second-order valence-electron chi connectivity index (χ2n) is 6.06. The van der Waals surface area contributed by atoms with Gasteiger partial charge in [-0.25, -0.2) is 4.39 Å². The van der Waals surface area contributed by atoms with Gasteiger partial charge in [0.15, 0.2) is 11.5 Å². The van der Waals surface area contributed by atoms with E-state index in [1.807, 2.05) is 0 Å². The molecule has 0 aliphatic carbocycles. The van der Waals surface area contributed by atoms with Crippen LogP contribution in [0.25, 0.3) is 6.08 Å². The van der Waals surface area contributed by atoms with Gasteiger partial charge in [0.25, 0.3) is 11.1 Å². The minimum Gasteiger partial charge on any atom is -0.493 e. The number of imide groups is 1. The molecule has 1 saturated heterocycles. The third-order valence-electron chi connectivity index (χ3n) is 4.08. The van der Waals surface area contributed by atoms with Crippen LogP contribution < -0.4 is 14.8 Å². The van der Waals surface area contributed by atoms with Crippen LogP contribution in [0.4, 0.5) is 14.9 Å². The first kappa shape index (κ1) is 21.7. The summed E-state index contributed by atoms with van der Waals surface area (Å²) in [5.41, 5.74) is 0.878. The Balaban J connectivity index is 1.72. The summed E-state index contributed by atoms with van der Waals surface area (Å²) < 4.78 is 23.6. The van der Waals surface area contributed by atoms with Crippen molar-refractivity contribution in [3.05, 3.63) is 57.7 Å². The molecule has 0 bridgehead atoms. The number of methoxy groups -OCH3 is 2. The molecule has 1 fully saturated rings. The van der Waals surface area contributed by atoms with Crippen LogP contribution in [0.1, 0.15) is 5.56 Å². The zero-order valence-electron chi connectivity index (χ0n) is 15.9. The molecule has 1 aliphatic rings. The summed E-state index contributed by atoms with van der Waals surface area (Å²) in [6, 6.07) is 8.71. The molecule has 0 aromatic heterocycles. The van der Waals surface area contributed by atoms with Crippen LogP contribution >= 0.6 is 23.4 Å². The van der Waals surface area contributed by atoms with Crippen molar-refractivity contribution in [2.24, 2.45) is 0 Å². The van der Waals surface area contributed by atoms with Crippen molar-refractivity contribution in [3.63, 3.8) is 0 Å². The van der Waals surface area contributed by atoms with E-state index in [0.717, 1.165) is 22.7 Å². The lowest BCUT2D eigenvalue weighted by atomic mass is 10.2. The lowest BCUT2D eigenvalue weighted by molar-refractivity contribution is -0.127. The number of benzene rings is 2. The van der Waals surface area contributed by atoms with Crippen molar-refractivity contribution in [2.75, 3.05) is 26.1 Å². The first-order valence-electron chi connectivity index (χ1n) is 8.54. The van der Waals surface area contributed by atoms with Crippen LogP contribution in [-0.2, 0) is 9.59 Å². The molecule has 2 aromatic carbocycles. The van der Waals surface area contributed by atoms with Crippen molar-refractivity contribution in [1.29, 1.82) is 0 Å². The fourth-order valence-electron chi connectivity index (χ4n) is 2.65. The van der Waals surface area contributed by atoms with E-state index in [1.54, 1.807) is 18.2 Å². The maximum atomic E-state index is 13.2. The number of nitrogens with zero attached hydrogens (tertiary/aromatic N) is 1. The van der Waals surface area contributed by atoms with Crippen LogP contribution in [-0.4, -0.2) is 42.7 Å². The number of nitrogens with one attached hydrogen (secondary N) is 1. The predicted octanol–water partition coefficient (Wildman–Crippen LogP) is 4.17. The Morgan fingerprint density at radius 1 is 1.17 bits per heavy atom. The smallest absolute Gasteiger partial charge is 0.294 e. The summed E-state index contributed by atoms with van der Waals surface area (Å²) in [5.74, 6) is -0.830. The Hall–Kier alpha value is -3.04. The average molecular weight is 451 g/mol. The van der Waals surface area contributed by atoms with Gasteiger partial charge >= 0.3 is 0 Å². The summed E-state index contributed by atoms with van der Waals surface area (Å²) in [7, 11) is 3.00. The Kier molecular flexibility index (Phi) is 6.63. The standard InChI is InChI=1S/C20H16ClFN2O5S/c1-28-15-6-3-11(7-16(15)29-2)8-17-19(26)24(20(27)30-17)10-18(25)23-12-4-5-14(22)13(21)9-12/h3-9H,10H2,1-2H3,(H,23,25). The van der Waals surface area contributed by atoms with Gasteiger partial charge in [-0.3, -0.25) is 19.3 Å². The normalized spacial score (nSPS) is 14.9.